The second kappa shape index (κ2) is 4.96. The summed E-state index contributed by atoms with van der Waals surface area (Å²) in [6, 6.07) is 3.81. The van der Waals surface area contributed by atoms with Crippen LogP contribution >= 0.6 is 0 Å². The van der Waals surface area contributed by atoms with E-state index in [-0.39, 0.29) is 5.91 Å². The Morgan fingerprint density at radius 2 is 2.22 bits per heavy atom. The van der Waals surface area contributed by atoms with Crippen molar-refractivity contribution in [2.75, 3.05) is 12.8 Å². The number of pyridine rings is 1. The summed E-state index contributed by atoms with van der Waals surface area (Å²) in [4.78, 5) is 18.4. The summed E-state index contributed by atoms with van der Waals surface area (Å²) in [6.07, 6.45) is 3.25. The highest BCUT2D eigenvalue weighted by molar-refractivity contribution is 5.95. The first kappa shape index (κ1) is 12.9. The van der Waals surface area contributed by atoms with Crippen molar-refractivity contribution >= 4 is 11.7 Å². The molecule has 1 atom stereocenters. The van der Waals surface area contributed by atoms with Crippen LogP contribution in [0.2, 0.25) is 0 Å². The number of hydrogen-bond donors (Lipinski definition) is 1. The highest BCUT2D eigenvalue weighted by Crippen LogP contribution is 2.35. The summed E-state index contributed by atoms with van der Waals surface area (Å²) in [5.41, 5.74) is 7.25. The number of hydrogen-bond acceptors (Lipinski definition) is 3. The van der Waals surface area contributed by atoms with E-state index in [2.05, 4.69) is 11.9 Å². The highest BCUT2D eigenvalue weighted by Gasteiger charge is 2.32. The Morgan fingerprint density at radius 1 is 1.56 bits per heavy atom. The average molecular weight is 247 g/mol. The van der Waals surface area contributed by atoms with Crippen LogP contribution in [0.3, 0.4) is 0 Å². The van der Waals surface area contributed by atoms with Crippen molar-refractivity contribution < 1.29 is 4.79 Å². The molecule has 1 heterocycles. The number of anilines is 1. The van der Waals surface area contributed by atoms with Gasteiger partial charge in [0.05, 0.1) is 0 Å². The number of aromatic nitrogens is 1. The van der Waals surface area contributed by atoms with Crippen LogP contribution in [0.15, 0.2) is 12.1 Å². The predicted octanol–water partition coefficient (Wildman–Crippen LogP) is 2.10. The number of amides is 1. The number of carbonyl (C=O) groups excluding carboxylic acids is 1. The van der Waals surface area contributed by atoms with Gasteiger partial charge in [-0.3, -0.25) is 4.79 Å². The molecule has 0 saturated heterocycles. The van der Waals surface area contributed by atoms with Crippen molar-refractivity contribution in [2.45, 2.75) is 39.2 Å². The largest absolute Gasteiger partial charge is 0.384 e. The molecule has 1 unspecified atom stereocenters. The van der Waals surface area contributed by atoms with Crippen LogP contribution in [0.4, 0.5) is 5.82 Å². The third kappa shape index (κ3) is 2.63. The van der Waals surface area contributed by atoms with Gasteiger partial charge in [-0.25, -0.2) is 4.98 Å². The van der Waals surface area contributed by atoms with Crippen molar-refractivity contribution in [1.82, 2.24) is 9.88 Å². The first-order valence-electron chi connectivity index (χ1n) is 6.56. The molecule has 0 radical (unpaired) electrons. The SMILES string of the molecule is CCc1cc(C(=O)N(C)C(C)C2CC2)cc(N)n1. The van der Waals surface area contributed by atoms with E-state index >= 15 is 0 Å². The van der Waals surface area contributed by atoms with Gasteiger partial charge in [-0.1, -0.05) is 6.92 Å². The minimum Gasteiger partial charge on any atom is -0.384 e. The van der Waals surface area contributed by atoms with Gasteiger partial charge in [0.25, 0.3) is 5.91 Å². The Bertz CT molecular complexity index is 454. The molecule has 0 bridgehead atoms. The lowest BCUT2D eigenvalue weighted by Gasteiger charge is -2.25. The first-order chi connectivity index (χ1) is 8.52. The van der Waals surface area contributed by atoms with E-state index in [1.54, 1.807) is 6.07 Å². The fourth-order valence-corrected chi connectivity index (χ4v) is 2.20. The maximum atomic E-state index is 12.4. The monoisotopic (exact) mass is 247 g/mol. The van der Waals surface area contributed by atoms with Gasteiger partial charge in [0, 0.05) is 24.3 Å². The quantitative estimate of drug-likeness (QED) is 0.886. The zero-order valence-corrected chi connectivity index (χ0v) is 11.3. The number of nitrogen functional groups attached to an aromatic ring is 1. The predicted molar refractivity (Wildman–Crippen MR) is 72.3 cm³/mol. The molecule has 1 aromatic rings. The molecule has 1 amide bonds. The van der Waals surface area contributed by atoms with Crippen molar-refractivity contribution in [3.63, 3.8) is 0 Å². The van der Waals surface area contributed by atoms with Crippen molar-refractivity contribution in [2.24, 2.45) is 5.92 Å². The number of aryl methyl sites for hydroxylation is 1. The maximum Gasteiger partial charge on any atom is 0.254 e. The van der Waals surface area contributed by atoms with E-state index in [9.17, 15) is 4.79 Å². The second-order valence-corrected chi connectivity index (χ2v) is 5.12. The van der Waals surface area contributed by atoms with Gasteiger partial charge in [-0.2, -0.15) is 0 Å². The second-order valence-electron chi connectivity index (χ2n) is 5.12. The van der Waals surface area contributed by atoms with Crippen molar-refractivity contribution in [1.29, 1.82) is 0 Å². The zero-order valence-electron chi connectivity index (χ0n) is 11.3. The molecule has 2 rings (SSSR count). The van der Waals surface area contributed by atoms with Gasteiger partial charge < -0.3 is 10.6 Å². The Kier molecular flexibility index (Phi) is 3.55. The molecule has 1 aliphatic carbocycles. The number of carbonyl (C=O) groups is 1. The highest BCUT2D eigenvalue weighted by atomic mass is 16.2. The number of rotatable bonds is 4. The molecule has 0 aliphatic heterocycles. The molecule has 1 saturated carbocycles. The smallest absolute Gasteiger partial charge is 0.254 e. The summed E-state index contributed by atoms with van der Waals surface area (Å²) in [7, 11) is 1.87. The van der Waals surface area contributed by atoms with E-state index in [1.165, 1.54) is 12.8 Å². The molecule has 0 aromatic carbocycles. The average Bonchev–Trinajstić information content (AvgIpc) is 3.19. The topological polar surface area (TPSA) is 59.2 Å². The van der Waals surface area contributed by atoms with Gasteiger partial charge in [0.15, 0.2) is 0 Å². The minimum absolute atomic E-state index is 0.0400. The molecule has 2 N–H and O–H groups in total. The molecule has 98 valence electrons. The fourth-order valence-electron chi connectivity index (χ4n) is 2.20. The summed E-state index contributed by atoms with van der Waals surface area (Å²) in [5, 5.41) is 0. The fraction of sp³-hybridized carbons (Fsp3) is 0.571. The third-order valence-corrected chi connectivity index (χ3v) is 3.74. The van der Waals surface area contributed by atoms with Crippen molar-refractivity contribution in [3.8, 4) is 0 Å². The summed E-state index contributed by atoms with van der Waals surface area (Å²) in [5.74, 6) is 1.13. The van der Waals surface area contributed by atoms with E-state index in [0.717, 1.165) is 12.1 Å². The zero-order chi connectivity index (χ0) is 13.3. The Balaban J connectivity index is 2.19. The van der Waals surface area contributed by atoms with E-state index < -0.39 is 0 Å². The molecular weight excluding hydrogens is 226 g/mol. The lowest BCUT2D eigenvalue weighted by Crippen LogP contribution is -2.36. The van der Waals surface area contributed by atoms with Crippen molar-refractivity contribution in [3.05, 3.63) is 23.4 Å². The minimum atomic E-state index is 0.0400. The molecule has 1 aliphatic rings. The molecule has 1 aromatic heterocycles. The standard InChI is InChI=1S/C14H21N3O/c1-4-12-7-11(8-13(15)16-12)14(18)17(3)9(2)10-5-6-10/h7-10H,4-6H2,1-3H3,(H2,15,16). The Labute approximate surface area is 108 Å². The third-order valence-electron chi connectivity index (χ3n) is 3.74. The van der Waals surface area contributed by atoms with Gasteiger partial charge in [-0.15, -0.1) is 0 Å². The van der Waals surface area contributed by atoms with Crippen LogP contribution in [0, 0.1) is 5.92 Å². The lowest BCUT2D eigenvalue weighted by molar-refractivity contribution is 0.0727. The molecule has 0 spiro atoms. The molecule has 1 fully saturated rings. The van der Waals surface area contributed by atoms with Gasteiger partial charge in [-0.05, 0) is 44.2 Å². The summed E-state index contributed by atoms with van der Waals surface area (Å²) < 4.78 is 0. The normalized spacial score (nSPS) is 16.4. The van der Waals surface area contributed by atoms with Crippen LogP contribution in [0.25, 0.3) is 0 Å². The van der Waals surface area contributed by atoms with Gasteiger partial charge in [0.1, 0.15) is 5.82 Å². The summed E-state index contributed by atoms with van der Waals surface area (Å²) in [6.45, 7) is 4.12. The number of nitrogens with two attached hydrogens (primary N) is 1. The van der Waals surface area contributed by atoms with Crippen LogP contribution in [0.1, 0.15) is 42.7 Å². The molecular formula is C14H21N3O. The summed E-state index contributed by atoms with van der Waals surface area (Å²) >= 11 is 0. The number of nitrogens with zero attached hydrogens (tertiary/aromatic N) is 2. The first-order valence-corrected chi connectivity index (χ1v) is 6.56. The van der Waals surface area contributed by atoms with Crippen LogP contribution < -0.4 is 5.73 Å². The van der Waals surface area contributed by atoms with E-state index in [0.29, 0.717) is 23.3 Å². The van der Waals surface area contributed by atoms with Crippen LogP contribution in [-0.4, -0.2) is 28.9 Å². The Morgan fingerprint density at radius 3 is 2.78 bits per heavy atom. The lowest BCUT2D eigenvalue weighted by atomic mass is 10.1. The van der Waals surface area contributed by atoms with Gasteiger partial charge >= 0.3 is 0 Å². The van der Waals surface area contributed by atoms with E-state index in [1.807, 2.05) is 24.9 Å². The Hall–Kier alpha value is -1.58. The van der Waals surface area contributed by atoms with Crippen LogP contribution in [0.5, 0.6) is 0 Å². The molecule has 4 nitrogen and oxygen atoms in total. The molecule has 18 heavy (non-hydrogen) atoms. The van der Waals surface area contributed by atoms with E-state index in [4.69, 9.17) is 5.73 Å². The van der Waals surface area contributed by atoms with Crippen LogP contribution in [-0.2, 0) is 6.42 Å². The van der Waals surface area contributed by atoms with Gasteiger partial charge in [0.2, 0.25) is 0 Å². The maximum absolute atomic E-state index is 12.4. The molecule has 4 heteroatoms.